The highest BCUT2D eigenvalue weighted by Crippen LogP contribution is 2.29. The molecule has 110 valence electrons. The normalized spacial score (nSPS) is 14.6. The van der Waals surface area contributed by atoms with Gasteiger partial charge in [-0.25, -0.2) is 4.39 Å². The van der Waals surface area contributed by atoms with E-state index in [1.807, 2.05) is 19.1 Å². The van der Waals surface area contributed by atoms with Gasteiger partial charge in [0.05, 0.1) is 6.61 Å². The van der Waals surface area contributed by atoms with Crippen molar-refractivity contribution < 1.29 is 13.9 Å². The zero-order valence-corrected chi connectivity index (χ0v) is 12.0. The monoisotopic (exact) mass is 279 g/mol. The molecule has 0 amide bonds. The molecule has 0 aliphatic heterocycles. The SMILES string of the molecule is CCOC(=O)CCCN(Cc1ccccc1F)C1CC1. The Bertz CT molecular complexity index is 446. The quantitative estimate of drug-likeness (QED) is 0.685. The molecular formula is C16H22FNO2. The third-order valence-electron chi connectivity index (χ3n) is 3.53. The van der Waals surface area contributed by atoms with Crippen LogP contribution >= 0.6 is 0 Å². The molecule has 0 bridgehead atoms. The van der Waals surface area contributed by atoms with Crippen LogP contribution in [0.5, 0.6) is 0 Å². The van der Waals surface area contributed by atoms with Crippen molar-refractivity contribution in [3.8, 4) is 0 Å². The fourth-order valence-corrected chi connectivity index (χ4v) is 2.34. The van der Waals surface area contributed by atoms with Crippen LogP contribution < -0.4 is 0 Å². The number of halogens is 1. The lowest BCUT2D eigenvalue weighted by Crippen LogP contribution is -2.27. The molecule has 0 spiro atoms. The third-order valence-corrected chi connectivity index (χ3v) is 3.53. The second-order valence-corrected chi connectivity index (χ2v) is 5.20. The van der Waals surface area contributed by atoms with E-state index >= 15 is 0 Å². The summed E-state index contributed by atoms with van der Waals surface area (Å²) in [4.78, 5) is 13.6. The Labute approximate surface area is 119 Å². The lowest BCUT2D eigenvalue weighted by atomic mass is 10.2. The Morgan fingerprint density at radius 3 is 2.80 bits per heavy atom. The van der Waals surface area contributed by atoms with Crippen molar-refractivity contribution in [3.05, 3.63) is 35.6 Å². The van der Waals surface area contributed by atoms with Gasteiger partial charge in [0, 0.05) is 24.6 Å². The van der Waals surface area contributed by atoms with Crippen LogP contribution in [-0.4, -0.2) is 30.1 Å². The standard InChI is InChI=1S/C16H22FNO2/c1-2-20-16(19)8-5-11-18(14-9-10-14)12-13-6-3-4-7-15(13)17/h3-4,6-7,14H,2,5,8-12H2,1H3. The number of benzene rings is 1. The van der Waals surface area contributed by atoms with E-state index in [-0.39, 0.29) is 11.8 Å². The van der Waals surface area contributed by atoms with E-state index in [9.17, 15) is 9.18 Å². The molecule has 0 atom stereocenters. The summed E-state index contributed by atoms with van der Waals surface area (Å²) in [6.07, 6.45) is 3.56. The predicted octanol–water partition coefficient (Wildman–Crippen LogP) is 3.13. The minimum atomic E-state index is -0.149. The van der Waals surface area contributed by atoms with Crippen molar-refractivity contribution in [2.45, 2.75) is 45.2 Å². The van der Waals surface area contributed by atoms with Gasteiger partial charge in [0.15, 0.2) is 0 Å². The molecule has 3 nitrogen and oxygen atoms in total. The molecule has 1 saturated carbocycles. The number of hydrogen-bond acceptors (Lipinski definition) is 3. The summed E-state index contributed by atoms with van der Waals surface area (Å²) in [6.45, 7) is 3.69. The lowest BCUT2D eigenvalue weighted by molar-refractivity contribution is -0.143. The maximum atomic E-state index is 13.7. The van der Waals surface area contributed by atoms with E-state index in [1.165, 1.54) is 18.9 Å². The van der Waals surface area contributed by atoms with Gasteiger partial charge in [-0.3, -0.25) is 9.69 Å². The number of carbonyl (C=O) groups excluding carboxylic acids is 1. The van der Waals surface area contributed by atoms with Crippen LogP contribution in [-0.2, 0) is 16.1 Å². The maximum Gasteiger partial charge on any atom is 0.305 e. The first-order valence-electron chi connectivity index (χ1n) is 7.33. The molecule has 1 aromatic carbocycles. The summed E-state index contributed by atoms with van der Waals surface area (Å²) in [5.74, 6) is -0.294. The molecule has 1 aliphatic rings. The molecule has 1 aromatic rings. The van der Waals surface area contributed by atoms with E-state index in [0.29, 0.717) is 25.6 Å². The first kappa shape index (κ1) is 15.0. The van der Waals surface area contributed by atoms with Crippen LogP contribution in [0.1, 0.15) is 38.2 Å². The van der Waals surface area contributed by atoms with Gasteiger partial charge >= 0.3 is 5.97 Å². The third kappa shape index (κ3) is 4.60. The average molecular weight is 279 g/mol. The van der Waals surface area contributed by atoms with Gasteiger partial charge in [0.2, 0.25) is 0 Å². The molecule has 0 heterocycles. The maximum absolute atomic E-state index is 13.7. The molecule has 0 saturated heterocycles. The van der Waals surface area contributed by atoms with Gasteiger partial charge in [-0.2, -0.15) is 0 Å². The molecule has 0 N–H and O–H groups in total. The molecule has 2 rings (SSSR count). The van der Waals surface area contributed by atoms with Crippen molar-refractivity contribution in [1.29, 1.82) is 0 Å². The second-order valence-electron chi connectivity index (χ2n) is 5.20. The Morgan fingerprint density at radius 1 is 1.40 bits per heavy atom. The van der Waals surface area contributed by atoms with Crippen molar-refractivity contribution >= 4 is 5.97 Å². The summed E-state index contributed by atoms with van der Waals surface area (Å²) >= 11 is 0. The Kier molecular flexibility index (Phi) is 5.53. The van der Waals surface area contributed by atoms with Gasteiger partial charge in [-0.1, -0.05) is 18.2 Å². The molecule has 20 heavy (non-hydrogen) atoms. The van der Waals surface area contributed by atoms with Crippen molar-refractivity contribution in [3.63, 3.8) is 0 Å². The van der Waals surface area contributed by atoms with Gasteiger partial charge in [-0.05, 0) is 38.8 Å². The highest BCUT2D eigenvalue weighted by Gasteiger charge is 2.29. The van der Waals surface area contributed by atoms with E-state index in [1.54, 1.807) is 6.07 Å². The zero-order chi connectivity index (χ0) is 14.4. The van der Waals surface area contributed by atoms with E-state index < -0.39 is 0 Å². The first-order chi connectivity index (χ1) is 9.70. The minimum Gasteiger partial charge on any atom is -0.466 e. The molecular weight excluding hydrogens is 257 g/mol. The van der Waals surface area contributed by atoms with Crippen molar-refractivity contribution in [1.82, 2.24) is 4.90 Å². The minimum absolute atomic E-state index is 0.144. The number of esters is 1. The van der Waals surface area contributed by atoms with Crippen LogP contribution in [0.3, 0.4) is 0 Å². The Hall–Kier alpha value is -1.42. The van der Waals surface area contributed by atoms with Crippen molar-refractivity contribution in [2.24, 2.45) is 0 Å². The first-order valence-corrected chi connectivity index (χ1v) is 7.33. The molecule has 0 aromatic heterocycles. The summed E-state index contributed by atoms with van der Waals surface area (Å²) in [5.41, 5.74) is 0.732. The van der Waals surface area contributed by atoms with Gasteiger partial charge < -0.3 is 4.74 Å². The van der Waals surface area contributed by atoms with Gasteiger partial charge in [-0.15, -0.1) is 0 Å². The summed E-state index contributed by atoms with van der Waals surface area (Å²) in [5, 5.41) is 0. The Balaban J connectivity index is 1.82. The fourth-order valence-electron chi connectivity index (χ4n) is 2.34. The summed E-state index contributed by atoms with van der Waals surface area (Å²) in [7, 11) is 0. The highest BCUT2D eigenvalue weighted by molar-refractivity contribution is 5.69. The Morgan fingerprint density at radius 2 is 2.15 bits per heavy atom. The smallest absolute Gasteiger partial charge is 0.305 e. The average Bonchev–Trinajstić information content (AvgIpc) is 3.24. The largest absolute Gasteiger partial charge is 0.466 e. The molecule has 0 unspecified atom stereocenters. The molecule has 0 radical (unpaired) electrons. The van der Waals surface area contributed by atoms with Crippen LogP contribution in [0, 0.1) is 5.82 Å². The van der Waals surface area contributed by atoms with E-state index in [2.05, 4.69) is 4.90 Å². The lowest BCUT2D eigenvalue weighted by Gasteiger charge is -2.22. The molecule has 4 heteroatoms. The van der Waals surface area contributed by atoms with Crippen LogP contribution in [0.25, 0.3) is 0 Å². The number of carbonyl (C=O) groups is 1. The van der Waals surface area contributed by atoms with Crippen LogP contribution in [0.4, 0.5) is 4.39 Å². The summed E-state index contributed by atoms with van der Waals surface area (Å²) < 4.78 is 18.6. The predicted molar refractivity (Wildman–Crippen MR) is 75.7 cm³/mol. The van der Waals surface area contributed by atoms with Crippen LogP contribution in [0.2, 0.25) is 0 Å². The molecule has 1 aliphatic carbocycles. The summed E-state index contributed by atoms with van der Waals surface area (Å²) in [6, 6.07) is 7.45. The number of rotatable bonds is 8. The van der Waals surface area contributed by atoms with E-state index in [4.69, 9.17) is 4.74 Å². The fraction of sp³-hybridized carbons (Fsp3) is 0.562. The highest BCUT2D eigenvalue weighted by atomic mass is 19.1. The number of hydrogen-bond donors (Lipinski definition) is 0. The van der Waals surface area contributed by atoms with E-state index in [0.717, 1.165) is 18.5 Å². The van der Waals surface area contributed by atoms with Crippen molar-refractivity contribution in [2.75, 3.05) is 13.2 Å². The zero-order valence-electron chi connectivity index (χ0n) is 12.0. The van der Waals surface area contributed by atoms with Crippen LogP contribution in [0.15, 0.2) is 24.3 Å². The second kappa shape index (κ2) is 7.39. The van der Waals surface area contributed by atoms with Gasteiger partial charge in [0.1, 0.15) is 5.82 Å². The number of ether oxygens (including phenoxy) is 1. The molecule has 1 fully saturated rings. The van der Waals surface area contributed by atoms with Gasteiger partial charge in [0.25, 0.3) is 0 Å². The number of nitrogens with zero attached hydrogens (tertiary/aromatic N) is 1. The topological polar surface area (TPSA) is 29.5 Å².